The van der Waals surface area contributed by atoms with Gasteiger partial charge < -0.3 is 29.9 Å². The van der Waals surface area contributed by atoms with Crippen molar-refractivity contribution < 1.29 is 9.47 Å². The van der Waals surface area contributed by atoms with Crippen LogP contribution in [0.1, 0.15) is 51.0 Å². The van der Waals surface area contributed by atoms with Crippen LogP contribution in [0.15, 0.2) is 23.2 Å². The zero-order chi connectivity index (χ0) is 22.6. The lowest BCUT2D eigenvalue weighted by molar-refractivity contribution is 0.136. The van der Waals surface area contributed by atoms with Crippen LogP contribution in [-0.2, 0) is 6.54 Å². The predicted octanol–water partition coefficient (Wildman–Crippen LogP) is 3.72. The molecule has 33 heavy (non-hydrogen) atoms. The molecule has 0 radical (unpaired) electrons. The quantitative estimate of drug-likeness (QED) is 0.182. The van der Waals surface area contributed by atoms with Gasteiger partial charge in [0.25, 0.3) is 0 Å². The summed E-state index contributed by atoms with van der Waals surface area (Å²) < 4.78 is 11.9. The van der Waals surface area contributed by atoms with Crippen molar-refractivity contribution in [2.24, 2.45) is 4.99 Å². The minimum Gasteiger partial charge on any atom is -0.493 e. The van der Waals surface area contributed by atoms with Crippen molar-refractivity contribution in [3.8, 4) is 11.5 Å². The van der Waals surface area contributed by atoms with E-state index in [-0.39, 0.29) is 24.0 Å². The summed E-state index contributed by atoms with van der Waals surface area (Å²) in [6, 6.07) is 6.10. The Morgan fingerprint density at radius 2 is 1.79 bits per heavy atom. The van der Waals surface area contributed by atoms with Crippen LogP contribution in [-0.4, -0.2) is 81.8 Å². The number of ether oxygens (including phenoxy) is 2. The van der Waals surface area contributed by atoms with E-state index in [1.807, 2.05) is 19.2 Å². The Morgan fingerprint density at radius 1 is 1.06 bits per heavy atom. The molecule has 1 saturated carbocycles. The average Bonchev–Trinajstić information content (AvgIpc) is 3.35. The van der Waals surface area contributed by atoms with Gasteiger partial charge in [-0.25, -0.2) is 0 Å². The number of aliphatic imine (C=N–C) groups is 1. The maximum Gasteiger partial charge on any atom is 0.191 e. The Bertz CT molecular complexity index is 704. The lowest BCUT2D eigenvalue weighted by atomic mass is 10.1. The van der Waals surface area contributed by atoms with Gasteiger partial charge in [-0.15, -0.1) is 24.0 Å². The number of guanidine groups is 1. The topological polar surface area (TPSA) is 61.4 Å². The molecule has 0 atom stereocenters. The van der Waals surface area contributed by atoms with E-state index in [0.29, 0.717) is 12.6 Å². The first kappa shape index (κ1) is 28.0. The SMILES string of the molecule is CCN1CCN(CCCCNC(=NC)NCc2cccc(OC)c2OC2CCCC2)CC1.I. The van der Waals surface area contributed by atoms with Crippen LogP contribution >= 0.6 is 24.0 Å². The molecule has 0 bridgehead atoms. The second-order valence-corrected chi connectivity index (χ2v) is 8.81. The number of nitrogens with zero attached hydrogens (tertiary/aromatic N) is 3. The highest BCUT2D eigenvalue weighted by atomic mass is 127. The molecule has 0 spiro atoms. The van der Waals surface area contributed by atoms with Crippen molar-refractivity contribution in [1.29, 1.82) is 0 Å². The second kappa shape index (κ2) is 15.6. The molecule has 188 valence electrons. The summed E-state index contributed by atoms with van der Waals surface area (Å²) in [6.07, 6.45) is 7.41. The van der Waals surface area contributed by atoms with Gasteiger partial charge in [-0.2, -0.15) is 0 Å². The Hall–Kier alpha value is -1.26. The molecular weight excluding hydrogens is 529 g/mol. The molecule has 1 aliphatic heterocycles. The Kier molecular flexibility index (Phi) is 13.2. The van der Waals surface area contributed by atoms with Crippen LogP contribution in [0.2, 0.25) is 0 Å². The number of halogens is 1. The van der Waals surface area contributed by atoms with E-state index in [1.165, 1.54) is 58.5 Å². The number of hydrogen-bond acceptors (Lipinski definition) is 5. The third kappa shape index (κ3) is 9.13. The van der Waals surface area contributed by atoms with Crippen molar-refractivity contribution in [3.63, 3.8) is 0 Å². The van der Waals surface area contributed by atoms with Gasteiger partial charge in [0.05, 0.1) is 13.2 Å². The predicted molar refractivity (Wildman–Crippen MR) is 147 cm³/mol. The Labute approximate surface area is 217 Å². The van der Waals surface area contributed by atoms with Crippen LogP contribution in [0.5, 0.6) is 11.5 Å². The summed E-state index contributed by atoms with van der Waals surface area (Å²) in [5, 5.41) is 6.90. The number of methoxy groups -OCH3 is 1. The van der Waals surface area contributed by atoms with Gasteiger partial charge in [-0.1, -0.05) is 19.1 Å². The zero-order valence-corrected chi connectivity index (χ0v) is 23.1. The number of para-hydroxylation sites is 1. The normalized spacial score (nSPS) is 18.1. The molecule has 0 unspecified atom stereocenters. The highest BCUT2D eigenvalue weighted by molar-refractivity contribution is 14.0. The van der Waals surface area contributed by atoms with Crippen LogP contribution in [0, 0.1) is 0 Å². The number of rotatable bonds is 11. The van der Waals surface area contributed by atoms with E-state index < -0.39 is 0 Å². The number of benzene rings is 1. The monoisotopic (exact) mass is 573 g/mol. The average molecular weight is 574 g/mol. The Balaban J connectivity index is 0.00000385. The maximum atomic E-state index is 6.35. The van der Waals surface area contributed by atoms with Gasteiger partial charge in [-0.05, 0) is 57.7 Å². The number of piperazine rings is 1. The van der Waals surface area contributed by atoms with Gasteiger partial charge in [-0.3, -0.25) is 4.99 Å². The fourth-order valence-electron chi connectivity index (χ4n) is 4.56. The smallest absolute Gasteiger partial charge is 0.191 e. The number of hydrogen-bond donors (Lipinski definition) is 2. The molecule has 7 nitrogen and oxygen atoms in total. The summed E-state index contributed by atoms with van der Waals surface area (Å²) in [4.78, 5) is 9.51. The molecule has 0 amide bonds. The molecule has 8 heteroatoms. The third-order valence-corrected chi connectivity index (χ3v) is 6.64. The molecule has 3 rings (SSSR count). The highest BCUT2D eigenvalue weighted by Gasteiger charge is 2.20. The summed E-state index contributed by atoms with van der Waals surface area (Å²) in [5.41, 5.74) is 1.10. The molecular formula is C25H44IN5O2. The van der Waals surface area contributed by atoms with Gasteiger partial charge in [0.1, 0.15) is 0 Å². The van der Waals surface area contributed by atoms with Gasteiger partial charge in [0.15, 0.2) is 17.5 Å². The molecule has 2 fully saturated rings. The van der Waals surface area contributed by atoms with Gasteiger partial charge in [0, 0.05) is 51.9 Å². The molecule has 2 aliphatic rings. The second-order valence-electron chi connectivity index (χ2n) is 8.81. The van der Waals surface area contributed by atoms with E-state index in [1.54, 1.807) is 7.11 Å². The molecule has 1 aromatic rings. The molecule has 1 saturated heterocycles. The fourth-order valence-corrected chi connectivity index (χ4v) is 4.56. The van der Waals surface area contributed by atoms with Gasteiger partial charge >= 0.3 is 0 Å². The van der Waals surface area contributed by atoms with Gasteiger partial charge in [0.2, 0.25) is 0 Å². The molecule has 1 aliphatic carbocycles. The van der Waals surface area contributed by atoms with Crippen molar-refractivity contribution in [1.82, 2.24) is 20.4 Å². The highest BCUT2D eigenvalue weighted by Crippen LogP contribution is 2.34. The summed E-state index contributed by atoms with van der Waals surface area (Å²) in [7, 11) is 3.53. The minimum absolute atomic E-state index is 0. The van der Waals surface area contributed by atoms with Crippen LogP contribution in [0.25, 0.3) is 0 Å². The number of unbranched alkanes of at least 4 members (excludes halogenated alkanes) is 1. The van der Waals surface area contributed by atoms with Crippen molar-refractivity contribution in [2.75, 3.05) is 60.0 Å². The summed E-state index contributed by atoms with van der Waals surface area (Å²) >= 11 is 0. The van der Waals surface area contributed by atoms with Crippen LogP contribution in [0.4, 0.5) is 0 Å². The van der Waals surface area contributed by atoms with E-state index in [4.69, 9.17) is 9.47 Å². The molecule has 1 heterocycles. The third-order valence-electron chi connectivity index (χ3n) is 6.64. The first-order valence-corrected chi connectivity index (χ1v) is 12.4. The van der Waals surface area contributed by atoms with Crippen molar-refractivity contribution in [3.05, 3.63) is 23.8 Å². The van der Waals surface area contributed by atoms with Crippen molar-refractivity contribution >= 4 is 29.9 Å². The molecule has 1 aromatic carbocycles. The van der Waals surface area contributed by atoms with E-state index in [0.717, 1.165) is 48.8 Å². The first-order valence-electron chi connectivity index (χ1n) is 12.4. The molecule has 0 aromatic heterocycles. The minimum atomic E-state index is 0. The first-order chi connectivity index (χ1) is 15.7. The van der Waals surface area contributed by atoms with E-state index in [2.05, 4.69) is 38.4 Å². The summed E-state index contributed by atoms with van der Waals surface area (Å²) in [5.74, 6) is 2.50. The van der Waals surface area contributed by atoms with E-state index in [9.17, 15) is 0 Å². The van der Waals surface area contributed by atoms with Crippen LogP contribution < -0.4 is 20.1 Å². The number of likely N-dealkylation sites (N-methyl/N-ethyl adjacent to an activating group) is 1. The Morgan fingerprint density at radius 3 is 2.45 bits per heavy atom. The lowest BCUT2D eigenvalue weighted by Crippen LogP contribution is -2.46. The maximum absolute atomic E-state index is 6.35. The largest absolute Gasteiger partial charge is 0.493 e. The zero-order valence-electron chi connectivity index (χ0n) is 20.8. The number of nitrogens with one attached hydrogen (secondary N) is 2. The molecule has 2 N–H and O–H groups in total. The lowest BCUT2D eigenvalue weighted by Gasteiger charge is -2.34. The summed E-state index contributed by atoms with van der Waals surface area (Å²) in [6.45, 7) is 11.0. The van der Waals surface area contributed by atoms with Crippen molar-refractivity contribution in [2.45, 2.75) is 58.1 Å². The van der Waals surface area contributed by atoms with Crippen LogP contribution in [0.3, 0.4) is 0 Å². The van der Waals surface area contributed by atoms with E-state index >= 15 is 0 Å². The standard InChI is InChI=1S/C25H43N5O2.HI/c1-4-29-16-18-30(19-17-29)15-8-7-14-27-25(26-2)28-20-21-10-9-13-23(31-3)24(21)32-22-11-5-6-12-22;/h9-10,13,22H,4-8,11-12,14-20H2,1-3H3,(H2,26,27,28);1H. The fraction of sp³-hybridized carbons (Fsp3) is 0.720.